The van der Waals surface area contributed by atoms with Gasteiger partial charge in [-0.3, -0.25) is 9.59 Å². The number of aliphatic carboxylic acids is 1. The maximum Gasteiger partial charge on any atom is 0.322 e. The van der Waals surface area contributed by atoms with Gasteiger partial charge in [0.15, 0.2) is 5.65 Å². The number of carbonyl (C=O) groups excluding carboxylic acids is 1. The Morgan fingerprint density at radius 3 is 2.83 bits per heavy atom. The summed E-state index contributed by atoms with van der Waals surface area (Å²) >= 11 is 1.52. The third kappa shape index (κ3) is 2.73. The molecule has 8 nitrogen and oxygen atoms in total. The van der Waals surface area contributed by atoms with Gasteiger partial charge in [0, 0.05) is 10.9 Å². The largest absolute Gasteiger partial charge is 0.507 e. The Bertz CT molecular complexity index is 915. The van der Waals surface area contributed by atoms with Crippen LogP contribution < -0.4 is 5.32 Å². The van der Waals surface area contributed by atoms with E-state index in [0.29, 0.717) is 5.69 Å². The number of thiophene rings is 1. The second kappa shape index (κ2) is 5.69. The van der Waals surface area contributed by atoms with Crippen LogP contribution in [-0.2, 0) is 4.79 Å². The normalized spacial score (nSPS) is 10.8. The highest BCUT2D eigenvalue weighted by Crippen LogP contribution is 2.32. The second-order valence-electron chi connectivity index (χ2n) is 4.77. The van der Waals surface area contributed by atoms with Gasteiger partial charge in [0.25, 0.3) is 5.91 Å². The quantitative estimate of drug-likeness (QED) is 0.663. The Morgan fingerprint density at radius 2 is 2.17 bits per heavy atom. The number of pyridine rings is 1. The molecular weight excluding hydrogens is 320 g/mol. The maximum absolute atomic E-state index is 12.1. The second-order valence-corrected chi connectivity index (χ2v) is 6.06. The predicted molar refractivity (Wildman–Crippen MR) is 82.7 cm³/mol. The van der Waals surface area contributed by atoms with Gasteiger partial charge in [-0.2, -0.15) is 5.10 Å². The van der Waals surface area contributed by atoms with Crippen LogP contribution in [0.15, 0.2) is 24.5 Å². The summed E-state index contributed by atoms with van der Waals surface area (Å²) in [6.07, 6.45) is 1.27. The molecule has 0 aromatic carbocycles. The van der Waals surface area contributed by atoms with Crippen molar-refractivity contribution in [3.63, 3.8) is 0 Å². The molecular formula is C14H12N4O4S. The van der Waals surface area contributed by atoms with Crippen molar-refractivity contribution >= 4 is 28.9 Å². The van der Waals surface area contributed by atoms with E-state index in [1.165, 1.54) is 28.2 Å². The first-order valence-electron chi connectivity index (χ1n) is 6.60. The first kappa shape index (κ1) is 15.0. The lowest BCUT2D eigenvalue weighted by Crippen LogP contribution is -2.29. The lowest BCUT2D eigenvalue weighted by Gasteiger charge is -2.09. The van der Waals surface area contributed by atoms with Gasteiger partial charge in [-0.25, -0.2) is 9.50 Å². The number of fused-ring (bicyclic) bond motifs is 1. The van der Waals surface area contributed by atoms with E-state index < -0.39 is 18.4 Å². The zero-order chi connectivity index (χ0) is 16.6. The summed E-state index contributed by atoms with van der Waals surface area (Å²) in [6, 6.07) is 5.25. The molecule has 1 amide bonds. The molecule has 0 saturated carbocycles. The molecule has 0 aliphatic carbocycles. The molecule has 3 rings (SSSR count). The number of hydrogen-bond acceptors (Lipinski definition) is 6. The number of amides is 1. The minimum Gasteiger partial charge on any atom is -0.507 e. The molecule has 0 aliphatic rings. The molecule has 0 fully saturated rings. The monoisotopic (exact) mass is 332 g/mol. The Hall–Kier alpha value is -2.94. The Morgan fingerprint density at radius 1 is 1.39 bits per heavy atom. The molecule has 0 radical (unpaired) electrons. The van der Waals surface area contributed by atoms with Gasteiger partial charge in [0.1, 0.15) is 24.2 Å². The van der Waals surface area contributed by atoms with Crippen LogP contribution in [0.5, 0.6) is 5.75 Å². The minimum atomic E-state index is -1.18. The van der Waals surface area contributed by atoms with Crippen molar-refractivity contribution in [2.45, 2.75) is 6.92 Å². The molecule has 0 unspecified atom stereocenters. The molecule has 9 heteroatoms. The topological polar surface area (TPSA) is 117 Å². The van der Waals surface area contributed by atoms with E-state index >= 15 is 0 Å². The molecule has 3 heterocycles. The van der Waals surface area contributed by atoms with Gasteiger partial charge >= 0.3 is 5.97 Å². The van der Waals surface area contributed by atoms with Gasteiger partial charge in [-0.1, -0.05) is 0 Å². The minimum absolute atomic E-state index is 0.110. The highest BCUT2D eigenvalue weighted by Gasteiger charge is 2.21. The van der Waals surface area contributed by atoms with Crippen LogP contribution in [0, 0.1) is 6.92 Å². The highest BCUT2D eigenvalue weighted by molar-refractivity contribution is 7.15. The zero-order valence-electron chi connectivity index (χ0n) is 12.0. The summed E-state index contributed by atoms with van der Waals surface area (Å²) in [6.45, 7) is 1.41. The van der Waals surface area contributed by atoms with Crippen LogP contribution in [0.2, 0.25) is 0 Å². The van der Waals surface area contributed by atoms with E-state index in [9.17, 15) is 14.7 Å². The van der Waals surface area contributed by atoms with Crippen molar-refractivity contribution in [1.29, 1.82) is 0 Å². The fourth-order valence-corrected chi connectivity index (χ4v) is 3.04. The number of carboxylic acids is 1. The van der Waals surface area contributed by atoms with Crippen molar-refractivity contribution in [2.75, 3.05) is 6.54 Å². The average Bonchev–Trinajstić information content (AvgIpc) is 3.12. The van der Waals surface area contributed by atoms with Gasteiger partial charge in [0.05, 0.1) is 10.6 Å². The standard InChI is InChI=1S/C14H12N4O4S/c1-7-2-3-10(23-7)8-4-9(19)12(13-16-6-17-18(8)13)14(22)15-5-11(20)21/h2-4,6,19H,5H2,1H3,(H,15,22)(H,20,21). The number of nitrogens with one attached hydrogen (secondary N) is 1. The zero-order valence-corrected chi connectivity index (χ0v) is 12.8. The number of carbonyl (C=O) groups is 2. The van der Waals surface area contributed by atoms with Gasteiger partial charge < -0.3 is 15.5 Å². The lowest BCUT2D eigenvalue weighted by molar-refractivity contribution is -0.135. The molecule has 23 heavy (non-hydrogen) atoms. The number of aryl methyl sites for hydroxylation is 1. The van der Waals surface area contributed by atoms with E-state index in [-0.39, 0.29) is 17.0 Å². The van der Waals surface area contributed by atoms with Crippen LogP contribution in [-0.4, -0.2) is 43.2 Å². The van der Waals surface area contributed by atoms with Crippen LogP contribution >= 0.6 is 11.3 Å². The number of nitrogens with zero attached hydrogens (tertiary/aromatic N) is 3. The predicted octanol–water partition coefficient (Wildman–Crippen LogP) is 1.29. The number of aromatic hydroxyl groups is 1. The summed E-state index contributed by atoms with van der Waals surface area (Å²) in [5.41, 5.74) is 0.651. The van der Waals surface area contributed by atoms with Crippen molar-refractivity contribution in [3.05, 3.63) is 35.0 Å². The molecule has 0 saturated heterocycles. The fourth-order valence-electron chi connectivity index (χ4n) is 2.18. The number of hydrogen-bond donors (Lipinski definition) is 3. The van der Waals surface area contributed by atoms with Gasteiger partial charge in [-0.15, -0.1) is 11.3 Å². The Balaban J connectivity index is 2.12. The molecule has 0 aliphatic heterocycles. The Labute approximate surface area is 134 Å². The lowest BCUT2D eigenvalue weighted by atomic mass is 10.2. The van der Waals surface area contributed by atoms with E-state index in [1.54, 1.807) is 0 Å². The number of rotatable bonds is 4. The highest BCUT2D eigenvalue weighted by atomic mass is 32.1. The van der Waals surface area contributed by atoms with Gasteiger partial charge in [-0.05, 0) is 19.1 Å². The van der Waals surface area contributed by atoms with Gasteiger partial charge in [0.2, 0.25) is 0 Å². The molecule has 0 spiro atoms. The smallest absolute Gasteiger partial charge is 0.322 e. The summed E-state index contributed by atoms with van der Waals surface area (Å²) < 4.78 is 1.45. The third-order valence-corrected chi connectivity index (χ3v) is 4.17. The van der Waals surface area contributed by atoms with Crippen molar-refractivity contribution in [1.82, 2.24) is 19.9 Å². The summed E-state index contributed by atoms with van der Waals surface area (Å²) in [4.78, 5) is 28.7. The van der Waals surface area contributed by atoms with Crippen LogP contribution in [0.4, 0.5) is 0 Å². The van der Waals surface area contributed by atoms with Crippen LogP contribution in [0.1, 0.15) is 15.2 Å². The molecule has 0 bridgehead atoms. The molecule has 3 N–H and O–H groups in total. The first-order chi connectivity index (χ1) is 11.0. The molecule has 118 valence electrons. The molecule has 3 aromatic rings. The van der Waals surface area contributed by atoms with E-state index in [0.717, 1.165) is 9.75 Å². The molecule has 3 aromatic heterocycles. The summed E-state index contributed by atoms with van der Waals surface area (Å²) in [7, 11) is 0. The molecule has 0 atom stereocenters. The number of aromatic nitrogens is 3. The van der Waals surface area contributed by atoms with Crippen molar-refractivity contribution < 1.29 is 19.8 Å². The Kier molecular flexibility index (Phi) is 3.70. The summed E-state index contributed by atoms with van der Waals surface area (Å²) in [5, 5.41) is 25.2. The maximum atomic E-state index is 12.1. The third-order valence-electron chi connectivity index (χ3n) is 3.15. The summed E-state index contributed by atoms with van der Waals surface area (Å²) in [5.74, 6) is -2.19. The van der Waals surface area contributed by atoms with Crippen molar-refractivity contribution in [3.8, 4) is 16.3 Å². The average molecular weight is 332 g/mol. The first-order valence-corrected chi connectivity index (χ1v) is 7.41. The number of carboxylic acid groups (broad SMARTS) is 1. The van der Waals surface area contributed by atoms with E-state index in [2.05, 4.69) is 15.4 Å². The van der Waals surface area contributed by atoms with Crippen LogP contribution in [0.3, 0.4) is 0 Å². The fraction of sp³-hybridized carbons (Fsp3) is 0.143. The SMILES string of the molecule is Cc1ccc(-c2cc(O)c(C(=O)NCC(=O)O)c3ncnn23)s1. The van der Waals surface area contributed by atoms with E-state index in [1.807, 2.05) is 19.1 Å². The van der Waals surface area contributed by atoms with Crippen LogP contribution in [0.25, 0.3) is 16.2 Å². The van der Waals surface area contributed by atoms with E-state index in [4.69, 9.17) is 5.11 Å². The van der Waals surface area contributed by atoms with Crippen molar-refractivity contribution in [2.24, 2.45) is 0 Å².